The molecular weight excluding hydrogens is 506 g/mol. The minimum atomic E-state index is -3.77. The van der Waals surface area contributed by atoms with E-state index in [-0.39, 0.29) is 18.5 Å². The van der Waals surface area contributed by atoms with Crippen molar-refractivity contribution in [3.05, 3.63) is 64.1 Å². The number of nitrogens with one attached hydrogen (secondary N) is 1. The van der Waals surface area contributed by atoms with Gasteiger partial charge in [-0.15, -0.1) is 0 Å². The van der Waals surface area contributed by atoms with Gasteiger partial charge in [0.2, 0.25) is 21.8 Å². The normalized spacial score (nSPS) is 12.3. The van der Waals surface area contributed by atoms with Gasteiger partial charge in [-0.05, 0) is 60.8 Å². The van der Waals surface area contributed by atoms with E-state index in [0.717, 1.165) is 21.7 Å². The highest BCUT2D eigenvalue weighted by Crippen LogP contribution is 2.28. The molecule has 0 fully saturated rings. The minimum Gasteiger partial charge on any atom is -0.352 e. The van der Waals surface area contributed by atoms with Crippen molar-refractivity contribution in [1.82, 2.24) is 10.2 Å². The third-order valence-corrected chi connectivity index (χ3v) is 6.85. The van der Waals surface area contributed by atoms with Crippen LogP contribution in [-0.2, 0) is 26.2 Å². The number of carbonyl (C=O) groups excluding carboxylic acids is 2. The molecule has 1 N–H and O–H groups in total. The second kappa shape index (κ2) is 11.7. The van der Waals surface area contributed by atoms with E-state index in [2.05, 4.69) is 21.2 Å². The van der Waals surface area contributed by atoms with Gasteiger partial charge in [0.25, 0.3) is 0 Å². The zero-order valence-electron chi connectivity index (χ0n) is 19.7. The smallest absolute Gasteiger partial charge is 0.244 e. The first-order valence-corrected chi connectivity index (χ1v) is 13.5. The molecule has 0 aromatic heterocycles. The summed E-state index contributed by atoms with van der Waals surface area (Å²) in [6.45, 7) is 7.28. The lowest BCUT2D eigenvalue weighted by Gasteiger charge is -2.33. The van der Waals surface area contributed by atoms with Crippen molar-refractivity contribution < 1.29 is 18.0 Å². The van der Waals surface area contributed by atoms with E-state index in [0.29, 0.717) is 16.6 Å². The van der Waals surface area contributed by atoms with Crippen molar-refractivity contribution in [3.63, 3.8) is 0 Å². The first kappa shape index (κ1) is 26.9. The molecule has 33 heavy (non-hydrogen) atoms. The molecule has 0 aliphatic carbocycles. The molecule has 0 saturated carbocycles. The van der Waals surface area contributed by atoms with Crippen molar-refractivity contribution in [3.8, 4) is 0 Å². The largest absolute Gasteiger partial charge is 0.352 e. The Morgan fingerprint density at radius 1 is 1.09 bits per heavy atom. The van der Waals surface area contributed by atoms with Gasteiger partial charge in [-0.3, -0.25) is 13.9 Å². The van der Waals surface area contributed by atoms with Gasteiger partial charge in [-0.25, -0.2) is 8.42 Å². The summed E-state index contributed by atoms with van der Waals surface area (Å²) < 4.78 is 26.9. The van der Waals surface area contributed by atoms with Gasteiger partial charge < -0.3 is 10.2 Å². The van der Waals surface area contributed by atoms with Crippen LogP contribution in [0.5, 0.6) is 0 Å². The Balaban J connectivity index is 2.46. The number of benzene rings is 2. The first-order chi connectivity index (χ1) is 15.4. The standard InChI is InChI=1S/C24H32BrN3O4S/c1-6-21(24(30)26-17(2)3)27(15-19-11-9-10-18(4)14-19)23(29)16-28(33(5,31)32)22-13-8-7-12-20(22)25/h7-14,17,21H,6,15-16H2,1-5H3,(H,26,30). The van der Waals surface area contributed by atoms with Crippen LogP contribution in [0.4, 0.5) is 5.69 Å². The van der Waals surface area contributed by atoms with Crippen LogP contribution in [0.2, 0.25) is 0 Å². The summed E-state index contributed by atoms with van der Waals surface area (Å²) in [7, 11) is -3.77. The fraction of sp³-hybridized carbons (Fsp3) is 0.417. The van der Waals surface area contributed by atoms with Gasteiger partial charge in [-0.1, -0.05) is 48.9 Å². The molecule has 0 radical (unpaired) electrons. The van der Waals surface area contributed by atoms with E-state index >= 15 is 0 Å². The van der Waals surface area contributed by atoms with Crippen LogP contribution in [0.25, 0.3) is 0 Å². The zero-order valence-corrected chi connectivity index (χ0v) is 22.1. The van der Waals surface area contributed by atoms with Crippen LogP contribution in [-0.4, -0.2) is 50.0 Å². The lowest BCUT2D eigenvalue weighted by Crippen LogP contribution is -2.53. The summed E-state index contributed by atoms with van der Waals surface area (Å²) in [5, 5.41) is 2.88. The van der Waals surface area contributed by atoms with Crippen LogP contribution in [0.3, 0.4) is 0 Å². The summed E-state index contributed by atoms with van der Waals surface area (Å²) in [6.07, 6.45) is 1.46. The van der Waals surface area contributed by atoms with Crippen LogP contribution in [0, 0.1) is 6.92 Å². The first-order valence-electron chi connectivity index (χ1n) is 10.8. The number of hydrogen-bond acceptors (Lipinski definition) is 4. The lowest BCUT2D eigenvalue weighted by atomic mass is 10.1. The maximum absolute atomic E-state index is 13.6. The molecule has 0 aliphatic rings. The number of para-hydroxylation sites is 1. The molecule has 180 valence electrons. The molecule has 7 nitrogen and oxygen atoms in total. The molecule has 2 rings (SSSR count). The lowest BCUT2D eigenvalue weighted by molar-refractivity contribution is -0.140. The molecule has 0 aliphatic heterocycles. The summed E-state index contributed by atoms with van der Waals surface area (Å²) in [5.41, 5.74) is 2.26. The molecule has 0 heterocycles. The Bertz CT molecular complexity index is 1090. The molecular formula is C24H32BrN3O4S. The fourth-order valence-electron chi connectivity index (χ4n) is 3.56. The summed E-state index contributed by atoms with van der Waals surface area (Å²) in [5.74, 6) is -0.719. The van der Waals surface area contributed by atoms with Crippen molar-refractivity contribution in [2.24, 2.45) is 0 Å². The third-order valence-electron chi connectivity index (χ3n) is 5.05. The quantitative estimate of drug-likeness (QED) is 0.498. The Morgan fingerprint density at radius 3 is 2.30 bits per heavy atom. The highest BCUT2D eigenvalue weighted by atomic mass is 79.9. The van der Waals surface area contributed by atoms with E-state index in [1.807, 2.05) is 52.0 Å². The monoisotopic (exact) mass is 537 g/mol. The number of carbonyl (C=O) groups is 2. The van der Waals surface area contributed by atoms with Crippen LogP contribution >= 0.6 is 15.9 Å². The Labute approximate surface area is 205 Å². The van der Waals surface area contributed by atoms with Gasteiger partial charge in [0.05, 0.1) is 11.9 Å². The molecule has 2 amide bonds. The van der Waals surface area contributed by atoms with Crippen molar-refractivity contribution >= 4 is 43.5 Å². The van der Waals surface area contributed by atoms with E-state index in [1.165, 1.54) is 4.90 Å². The van der Waals surface area contributed by atoms with Crippen molar-refractivity contribution in [2.45, 2.75) is 52.7 Å². The predicted molar refractivity (Wildman–Crippen MR) is 135 cm³/mol. The molecule has 9 heteroatoms. The number of halogens is 1. The number of rotatable bonds is 10. The molecule has 1 unspecified atom stereocenters. The fourth-order valence-corrected chi connectivity index (χ4v) is 5.03. The number of hydrogen-bond donors (Lipinski definition) is 1. The maximum Gasteiger partial charge on any atom is 0.244 e. The SMILES string of the molecule is CCC(C(=O)NC(C)C)N(Cc1cccc(C)c1)C(=O)CN(c1ccccc1Br)S(C)(=O)=O. The molecule has 2 aromatic rings. The maximum atomic E-state index is 13.6. The zero-order chi connectivity index (χ0) is 24.8. The Hall–Kier alpha value is -2.39. The van der Waals surface area contributed by atoms with Crippen LogP contribution in [0.15, 0.2) is 53.0 Å². The molecule has 0 spiro atoms. The summed E-state index contributed by atoms with van der Waals surface area (Å²) >= 11 is 3.38. The second-order valence-electron chi connectivity index (χ2n) is 8.32. The van der Waals surface area contributed by atoms with E-state index < -0.39 is 28.5 Å². The van der Waals surface area contributed by atoms with Crippen LogP contribution < -0.4 is 9.62 Å². The molecule has 2 aromatic carbocycles. The molecule has 0 bridgehead atoms. The Kier molecular flexibility index (Phi) is 9.48. The summed E-state index contributed by atoms with van der Waals surface area (Å²) in [6, 6.07) is 13.7. The average molecular weight is 539 g/mol. The topological polar surface area (TPSA) is 86.8 Å². The van der Waals surface area contributed by atoms with Crippen molar-refractivity contribution in [2.75, 3.05) is 17.1 Å². The minimum absolute atomic E-state index is 0.0877. The van der Waals surface area contributed by atoms with Gasteiger partial charge in [0.15, 0.2) is 0 Å². The third kappa shape index (κ3) is 7.57. The highest BCUT2D eigenvalue weighted by Gasteiger charge is 2.32. The number of aryl methyl sites for hydroxylation is 1. The van der Waals surface area contributed by atoms with E-state index in [4.69, 9.17) is 0 Å². The highest BCUT2D eigenvalue weighted by molar-refractivity contribution is 9.10. The second-order valence-corrected chi connectivity index (χ2v) is 11.1. The predicted octanol–water partition coefficient (Wildman–Crippen LogP) is 3.86. The Morgan fingerprint density at radius 2 is 1.76 bits per heavy atom. The van der Waals surface area contributed by atoms with Crippen molar-refractivity contribution in [1.29, 1.82) is 0 Å². The van der Waals surface area contributed by atoms with Gasteiger partial charge in [0.1, 0.15) is 12.6 Å². The number of anilines is 1. The van der Waals surface area contributed by atoms with E-state index in [9.17, 15) is 18.0 Å². The summed E-state index contributed by atoms with van der Waals surface area (Å²) in [4.78, 5) is 28.0. The van der Waals surface area contributed by atoms with E-state index in [1.54, 1.807) is 24.3 Å². The number of sulfonamides is 1. The van der Waals surface area contributed by atoms with Crippen LogP contribution in [0.1, 0.15) is 38.3 Å². The number of nitrogens with zero attached hydrogens (tertiary/aromatic N) is 2. The average Bonchev–Trinajstić information content (AvgIpc) is 2.71. The number of amides is 2. The van der Waals surface area contributed by atoms with Gasteiger partial charge in [0, 0.05) is 17.1 Å². The molecule has 1 atom stereocenters. The molecule has 0 saturated heterocycles. The van der Waals surface area contributed by atoms with Gasteiger partial charge >= 0.3 is 0 Å². The van der Waals surface area contributed by atoms with Gasteiger partial charge in [-0.2, -0.15) is 0 Å².